The van der Waals surface area contributed by atoms with E-state index in [1.807, 2.05) is 0 Å². The van der Waals surface area contributed by atoms with Crippen LogP contribution >= 0.6 is 0 Å². The Hall–Kier alpha value is -0.860. The first-order valence-corrected chi connectivity index (χ1v) is 17.5. The number of rotatable bonds is 28. The Bertz CT molecular complexity index is 597. The van der Waals surface area contributed by atoms with Crippen LogP contribution in [0.2, 0.25) is 0 Å². The van der Waals surface area contributed by atoms with Crippen LogP contribution in [-0.2, 0) is 0 Å². The van der Waals surface area contributed by atoms with Crippen LogP contribution in [0.4, 0.5) is 0 Å². The van der Waals surface area contributed by atoms with Crippen LogP contribution in [0.15, 0.2) is 30.3 Å². The molecule has 39 heavy (non-hydrogen) atoms. The van der Waals surface area contributed by atoms with Crippen molar-refractivity contribution in [1.29, 1.82) is 0 Å². The Morgan fingerprint density at radius 3 is 1.18 bits per heavy atom. The van der Waals surface area contributed by atoms with Gasteiger partial charge in [0, 0.05) is 12.0 Å². The first-order valence-electron chi connectivity index (χ1n) is 17.5. The van der Waals surface area contributed by atoms with Crippen LogP contribution in [-0.4, -0.2) is 25.1 Å². The van der Waals surface area contributed by atoms with Crippen molar-refractivity contribution in [1.82, 2.24) is 6.15 Å². The van der Waals surface area contributed by atoms with Crippen LogP contribution in [0, 0.1) is 0 Å². The highest BCUT2D eigenvalue weighted by Crippen LogP contribution is 2.31. The largest absolute Gasteiger partial charge is 0.344 e. The number of hydrogen-bond donors (Lipinski definition) is 1. The molecule has 0 aliphatic heterocycles. The van der Waals surface area contributed by atoms with Gasteiger partial charge in [-0.25, -0.2) is 0 Å². The molecule has 0 saturated heterocycles. The molecule has 1 aromatic rings. The molecule has 1 rings (SSSR count). The van der Waals surface area contributed by atoms with Gasteiger partial charge in [0.25, 0.3) is 0 Å². The van der Waals surface area contributed by atoms with Gasteiger partial charge in [-0.15, -0.1) is 0 Å². The van der Waals surface area contributed by atoms with Crippen LogP contribution in [0.25, 0.3) is 0 Å². The highest BCUT2D eigenvalue weighted by molar-refractivity contribution is 5.17. The summed E-state index contributed by atoms with van der Waals surface area (Å²) in [6, 6.07) is 12.1. The molecule has 230 valence electrons. The molecule has 0 radical (unpaired) electrons. The van der Waals surface area contributed by atoms with E-state index < -0.39 is 0 Å². The van der Waals surface area contributed by atoms with Gasteiger partial charge in [0.15, 0.2) is 0 Å². The fraction of sp³-hybridized carbons (Fsp3) is 0.838. The molecule has 0 aromatic heterocycles. The predicted molar refractivity (Wildman–Crippen MR) is 178 cm³/mol. The molecule has 1 unspecified atom stereocenters. The van der Waals surface area contributed by atoms with Gasteiger partial charge in [-0.05, 0) is 19.3 Å². The molecule has 0 saturated carbocycles. The second kappa shape index (κ2) is 27.3. The molecule has 0 bridgehead atoms. The zero-order chi connectivity index (χ0) is 27.6. The summed E-state index contributed by atoms with van der Waals surface area (Å²) in [6.07, 6.45) is 35.8. The minimum atomic E-state index is 0. The second-order valence-corrected chi connectivity index (χ2v) is 13.0. The van der Waals surface area contributed by atoms with Gasteiger partial charge in [-0.2, -0.15) is 0 Å². The summed E-state index contributed by atoms with van der Waals surface area (Å²) in [6.45, 7) is 5.93. The normalized spacial score (nSPS) is 12.4. The van der Waals surface area contributed by atoms with E-state index in [0.29, 0.717) is 6.04 Å². The van der Waals surface area contributed by atoms with E-state index in [1.165, 1.54) is 167 Å². The van der Waals surface area contributed by atoms with Crippen molar-refractivity contribution in [2.45, 2.75) is 180 Å². The minimum absolute atomic E-state index is 0. The van der Waals surface area contributed by atoms with Crippen LogP contribution in [0.3, 0.4) is 0 Å². The van der Waals surface area contributed by atoms with Gasteiger partial charge in [0.2, 0.25) is 0 Å². The molecule has 1 atom stereocenters. The van der Waals surface area contributed by atoms with E-state index in [2.05, 4.69) is 58.3 Å². The lowest BCUT2D eigenvalue weighted by molar-refractivity contribution is -0.921. The maximum absolute atomic E-state index is 2.50. The van der Waals surface area contributed by atoms with Gasteiger partial charge in [-0.1, -0.05) is 179 Å². The number of quaternary nitrogens is 1. The molecule has 0 amide bonds. The molecule has 0 fully saturated rings. The SMILES string of the molecule is CCCCCCCCCCCCCCCC[N+](C)(C)C(CCCCCCCCCCCC)c1ccccc1.N. The Labute approximate surface area is 247 Å². The number of nitrogens with zero attached hydrogens (tertiary/aromatic N) is 1. The van der Waals surface area contributed by atoms with E-state index in [-0.39, 0.29) is 6.15 Å². The maximum atomic E-state index is 2.50. The lowest BCUT2D eigenvalue weighted by atomic mass is 9.96. The number of unbranched alkanes of at least 4 members (excludes halogenated alkanes) is 22. The van der Waals surface area contributed by atoms with Gasteiger partial charge < -0.3 is 10.6 Å². The summed E-state index contributed by atoms with van der Waals surface area (Å²) in [5.41, 5.74) is 1.55. The Balaban J connectivity index is 0.0000144. The van der Waals surface area contributed by atoms with E-state index in [4.69, 9.17) is 0 Å². The van der Waals surface area contributed by atoms with Gasteiger partial charge in [-0.3, -0.25) is 0 Å². The first-order chi connectivity index (χ1) is 18.6. The molecule has 3 N–H and O–H groups in total. The molecule has 0 heterocycles. The highest BCUT2D eigenvalue weighted by atomic mass is 15.3. The van der Waals surface area contributed by atoms with E-state index in [0.717, 1.165) is 4.48 Å². The number of hydrogen-bond acceptors (Lipinski definition) is 1. The average molecular weight is 546 g/mol. The van der Waals surface area contributed by atoms with Crippen molar-refractivity contribution >= 4 is 0 Å². The minimum Gasteiger partial charge on any atom is -0.344 e. The topological polar surface area (TPSA) is 35.0 Å². The fourth-order valence-electron chi connectivity index (χ4n) is 6.29. The summed E-state index contributed by atoms with van der Waals surface area (Å²) in [7, 11) is 4.99. The Kier molecular flexibility index (Phi) is 26.7. The lowest BCUT2D eigenvalue weighted by Crippen LogP contribution is -2.44. The van der Waals surface area contributed by atoms with Crippen molar-refractivity contribution in [2.24, 2.45) is 0 Å². The first kappa shape index (κ1) is 38.1. The van der Waals surface area contributed by atoms with Crippen molar-refractivity contribution in [2.75, 3.05) is 20.6 Å². The molecular weight excluding hydrogens is 472 g/mol. The van der Waals surface area contributed by atoms with Gasteiger partial charge in [0.1, 0.15) is 6.04 Å². The predicted octanol–water partition coefficient (Wildman–Crippen LogP) is 12.8. The van der Waals surface area contributed by atoms with Crippen molar-refractivity contribution in [3.63, 3.8) is 0 Å². The summed E-state index contributed by atoms with van der Waals surface area (Å²) in [5, 5.41) is 0. The zero-order valence-electron chi connectivity index (χ0n) is 27.5. The zero-order valence-corrected chi connectivity index (χ0v) is 27.5. The second-order valence-electron chi connectivity index (χ2n) is 13.0. The molecule has 2 heteroatoms. The smallest absolute Gasteiger partial charge is 0.114 e. The van der Waals surface area contributed by atoms with E-state index in [9.17, 15) is 0 Å². The Morgan fingerprint density at radius 1 is 0.462 bits per heavy atom. The number of benzene rings is 1. The summed E-state index contributed by atoms with van der Waals surface area (Å²) in [4.78, 5) is 0. The third kappa shape index (κ3) is 21.5. The van der Waals surface area contributed by atoms with Gasteiger partial charge >= 0.3 is 0 Å². The standard InChI is InChI=1S/C37H70N.H3N/c1-5-7-9-11-13-15-17-18-19-20-22-24-26-31-35-38(3,4)37(36-32-28-27-29-33-36)34-30-25-23-21-16-14-12-10-8-6-2;/h27-29,32-33,37H,5-26,30-31,34-35H2,1-4H3;1H3/q+1;. The summed E-state index contributed by atoms with van der Waals surface area (Å²) >= 11 is 0. The van der Waals surface area contributed by atoms with Crippen LogP contribution in [0.1, 0.15) is 186 Å². The quantitative estimate of drug-likeness (QED) is 0.0824. The van der Waals surface area contributed by atoms with E-state index in [1.54, 1.807) is 5.56 Å². The average Bonchev–Trinajstić information content (AvgIpc) is 2.92. The monoisotopic (exact) mass is 546 g/mol. The molecule has 0 aliphatic carbocycles. The molecule has 0 aliphatic rings. The maximum Gasteiger partial charge on any atom is 0.114 e. The molecule has 2 nitrogen and oxygen atoms in total. The van der Waals surface area contributed by atoms with Crippen LogP contribution in [0.5, 0.6) is 0 Å². The van der Waals surface area contributed by atoms with Crippen molar-refractivity contribution in [3.05, 3.63) is 35.9 Å². The fourth-order valence-corrected chi connectivity index (χ4v) is 6.29. The third-order valence-electron chi connectivity index (χ3n) is 8.95. The Morgan fingerprint density at radius 2 is 0.795 bits per heavy atom. The molecule has 1 aromatic carbocycles. The van der Waals surface area contributed by atoms with Crippen LogP contribution < -0.4 is 6.15 Å². The molecular formula is C37H73N2+. The third-order valence-corrected chi connectivity index (χ3v) is 8.95. The molecule has 0 spiro atoms. The lowest BCUT2D eigenvalue weighted by Gasteiger charge is -2.39. The summed E-state index contributed by atoms with van der Waals surface area (Å²) in [5.74, 6) is 0. The van der Waals surface area contributed by atoms with Gasteiger partial charge in [0.05, 0.1) is 20.6 Å². The van der Waals surface area contributed by atoms with Crippen molar-refractivity contribution < 1.29 is 4.48 Å². The van der Waals surface area contributed by atoms with E-state index >= 15 is 0 Å². The van der Waals surface area contributed by atoms with Crippen molar-refractivity contribution in [3.8, 4) is 0 Å². The summed E-state index contributed by atoms with van der Waals surface area (Å²) < 4.78 is 1.15. The highest BCUT2D eigenvalue weighted by Gasteiger charge is 2.28.